The molecule has 4 heteroatoms. The fourth-order valence-electron chi connectivity index (χ4n) is 2.28. The van der Waals surface area contributed by atoms with Crippen molar-refractivity contribution in [2.24, 2.45) is 5.41 Å². The van der Waals surface area contributed by atoms with Crippen molar-refractivity contribution >= 4 is 5.91 Å². The minimum Gasteiger partial charge on any atom is -0.389 e. The lowest BCUT2D eigenvalue weighted by atomic mass is 9.71. The first kappa shape index (κ1) is 15.4. The number of carbonyl (C=O) groups excluding carboxylic acids is 1. The lowest BCUT2D eigenvalue weighted by Gasteiger charge is -2.40. The number of nitrogens with one attached hydrogen (secondary N) is 1. The summed E-state index contributed by atoms with van der Waals surface area (Å²) in [6.45, 7) is 8.01. The Bertz CT molecular complexity index is 280. The largest absolute Gasteiger partial charge is 0.389 e. The van der Waals surface area contributed by atoms with Crippen LogP contribution in [-0.2, 0) is 4.79 Å². The Hall–Kier alpha value is -0.610. The van der Waals surface area contributed by atoms with E-state index in [-0.39, 0.29) is 5.91 Å². The Morgan fingerprint density at radius 3 is 2.33 bits per heavy atom. The van der Waals surface area contributed by atoms with Gasteiger partial charge < -0.3 is 15.3 Å². The number of nitrogens with zero attached hydrogens (tertiary/aromatic N) is 1. The molecule has 0 aromatic rings. The van der Waals surface area contributed by atoms with Gasteiger partial charge in [-0.25, -0.2) is 0 Å². The quantitative estimate of drug-likeness (QED) is 0.781. The predicted molar refractivity (Wildman–Crippen MR) is 73.4 cm³/mol. The van der Waals surface area contributed by atoms with E-state index in [2.05, 4.69) is 19.2 Å². The second-order valence-corrected chi connectivity index (χ2v) is 6.40. The van der Waals surface area contributed by atoms with Crippen molar-refractivity contribution in [3.8, 4) is 0 Å². The molecule has 2 N–H and O–H groups in total. The van der Waals surface area contributed by atoms with Crippen molar-refractivity contribution in [1.82, 2.24) is 10.2 Å². The number of rotatable bonds is 5. The predicted octanol–water partition coefficient (Wildman–Crippen LogP) is 1.39. The monoisotopic (exact) mass is 256 g/mol. The minimum absolute atomic E-state index is 0.0808. The molecule has 106 valence electrons. The first-order valence-electron chi connectivity index (χ1n) is 6.95. The summed E-state index contributed by atoms with van der Waals surface area (Å²) in [6.07, 6.45) is 3.75. The van der Waals surface area contributed by atoms with Crippen LogP contribution in [0.5, 0.6) is 0 Å². The average molecular weight is 256 g/mol. The summed E-state index contributed by atoms with van der Waals surface area (Å²) in [6, 6.07) is 0. The molecule has 4 nitrogen and oxygen atoms in total. The Kier molecular flexibility index (Phi) is 5.17. The number of amides is 1. The van der Waals surface area contributed by atoms with Crippen LogP contribution in [0.2, 0.25) is 0 Å². The molecular weight excluding hydrogens is 228 g/mol. The van der Waals surface area contributed by atoms with Crippen LogP contribution in [0.1, 0.15) is 46.5 Å². The zero-order valence-corrected chi connectivity index (χ0v) is 12.3. The number of aliphatic hydroxyl groups is 1. The second kappa shape index (κ2) is 6.02. The molecule has 0 bridgehead atoms. The molecule has 18 heavy (non-hydrogen) atoms. The maximum absolute atomic E-state index is 11.6. The van der Waals surface area contributed by atoms with Gasteiger partial charge in [0.1, 0.15) is 0 Å². The van der Waals surface area contributed by atoms with Crippen LogP contribution in [-0.4, -0.2) is 48.2 Å². The molecule has 0 aliphatic heterocycles. The Balaban J connectivity index is 2.29. The van der Waals surface area contributed by atoms with Crippen molar-refractivity contribution in [1.29, 1.82) is 0 Å². The van der Waals surface area contributed by atoms with Gasteiger partial charge in [0.15, 0.2) is 0 Å². The van der Waals surface area contributed by atoms with Crippen LogP contribution in [0.4, 0.5) is 0 Å². The van der Waals surface area contributed by atoms with E-state index >= 15 is 0 Å². The van der Waals surface area contributed by atoms with Crippen LogP contribution < -0.4 is 5.32 Å². The Labute approximate surface area is 111 Å². The smallest absolute Gasteiger partial charge is 0.236 e. The van der Waals surface area contributed by atoms with Gasteiger partial charge in [-0.3, -0.25) is 4.79 Å². The molecule has 0 aromatic carbocycles. The van der Waals surface area contributed by atoms with Crippen LogP contribution >= 0.6 is 0 Å². The van der Waals surface area contributed by atoms with Crippen LogP contribution in [0.15, 0.2) is 0 Å². The summed E-state index contributed by atoms with van der Waals surface area (Å²) in [5, 5.41) is 13.5. The first-order chi connectivity index (χ1) is 8.28. The van der Waals surface area contributed by atoms with Gasteiger partial charge in [0.2, 0.25) is 5.91 Å². The molecule has 1 aliphatic rings. The molecule has 0 saturated heterocycles. The molecule has 1 rings (SSSR count). The molecular formula is C14H28N2O2. The van der Waals surface area contributed by atoms with Gasteiger partial charge in [-0.2, -0.15) is 0 Å². The van der Waals surface area contributed by atoms with E-state index in [0.717, 1.165) is 32.2 Å². The van der Waals surface area contributed by atoms with E-state index in [0.29, 0.717) is 18.5 Å². The maximum atomic E-state index is 11.6. The molecule has 1 aliphatic carbocycles. The topological polar surface area (TPSA) is 52.6 Å². The zero-order valence-electron chi connectivity index (χ0n) is 12.3. The number of hydrogen-bond donors (Lipinski definition) is 2. The molecule has 0 aromatic heterocycles. The highest BCUT2D eigenvalue weighted by molar-refractivity contribution is 5.77. The van der Waals surface area contributed by atoms with Crippen LogP contribution in [0.25, 0.3) is 0 Å². The molecule has 1 amide bonds. The Morgan fingerprint density at radius 2 is 1.83 bits per heavy atom. The van der Waals surface area contributed by atoms with E-state index < -0.39 is 5.60 Å². The maximum Gasteiger partial charge on any atom is 0.236 e. The van der Waals surface area contributed by atoms with E-state index in [1.165, 1.54) is 0 Å². The summed E-state index contributed by atoms with van der Waals surface area (Å²) in [4.78, 5) is 13.3. The molecule has 0 heterocycles. The normalized spacial score (nSPS) is 21.6. The highest BCUT2D eigenvalue weighted by Gasteiger charge is 2.36. The van der Waals surface area contributed by atoms with Gasteiger partial charge in [0.05, 0.1) is 12.1 Å². The number of carbonyl (C=O) groups is 1. The second-order valence-electron chi connectivity index (χ2n) is 6.40. The summed E-state index contributed by atoms with van der Waals surface area (Å²) < 4.78 is 0. The third-order valence-corrected chi connectivity index (χ3v) is 4.16. The fraction of sp³-hybridized carbons (Fsp3) is 0.929. The van der Waals surface area contributed by atoms with E-state index in [9.17, 15) is 9.90 Å². The SMILES string of the molecule is CCN(C)C(=O)CNCC1(O)CCC(C)(C)CC1. The summed E-state index contributed by atoms with van der Waals surface area (Å²) >= 11 is 0. The lowest BCUT2D eigenvalue weighted by Crippen LogP contribution is -2.47. The minimum atomic E-state index is -0.624. The van der Waals surface area contributed by atoms with Crippen molar-refractivity contribution in [3.05, 3.63) is 0 Å². The van der Waals surface area contributed by atoms with Crippen LogP contribution in [0, 0.1) is 5.41 Å². The van der Waals surface area contributed by atoms with Crippen molar-refractivity contribution in [3.63, 3.8) is 0 Å². The van der Waals surface area contributed by atoms with Gasteiger partial charge >= 0.3 is 0 Å². The third-order valence-electron chi connectivity index (χ3n) is 4.16. The summed E-state index contributed by atoms with van der Waals surface area (Å²) in [5.74, 6) is 0.0808. The highest BCUT2D eigenvalue weighted by atomic mass is 16.3. The van der Waals surface area contributed by atoms with Crippen molar-refractivity contribution in [2.75, 3.05) is 26.7 Å². The zero-order chi connectivity index (χ0) is 13.8. The summed E-state index contributed by atoms with van der Waals surface area (Å²) in [5.41, 5.74) is -0.273. The van der Waals surface area contributed by atoms with Gasteiger partial charge in [0, 0.05) is 20.1 Å². The number of hydrogen-bond acceptors (Lipinski definition) is 3. The van der Waals surface area contributed by atoms with Gasteiger partial charge in [-0.1, -0.05) is 13.8 Å². The van der Waals surface area contributed by atoms with Gasteiger partial charge in [0.25, 0.3) is 0 Å². The summed E-state index contributed by atoms with van der Waals surface area (Å²) in [7, 11) is 1.79. The molecule has 0 atom stereocenters. The molecule has 0 spiro atoms. The third kappa shape index (κ3) is 4.58. The van der Waals surface area contributed by atoms with E-state index in [1.807, 2.05) is 6.92 Å². The molecule has 0 unspecified atom stereocenters. The molecule has 1 saturated carbocycles. The fourth-order valence-corrected chi connectivity index (χ4v) is 2.28. The van der Waals surface area contributed by atoms with Crippen molar-refractivity contribution in [2.45, 2.75) is 52.1 Å². The molecule has 1 fully saturated rings. The van der Waals surface area contributed by atoms with E-state index in [4.69, 9.17) is 0 Å². The standard InChI is InChI=1S/C14H28N2O2/c1-5-16(4)12(17)10-15-11-14(18)8-6-13(2,3)7-9-14/h15,18H,5-11H2,1-4H3. The average Bonchev–Trinajstić information content (AvgIpc) is 2.32. The van der Waals surface area contributed by atoms with Crippen molar-refractivity contribution < 1.29 is 9.90 Å². The lowest BCUT2D eigenvalue weighted by molar-refractivity contribution is -0.129. The van der Waals surface area contributed by atoms with E-state index in [1.54, 1.807) is 11.9 Å². The van der Waals surface area contributed by atoms with Gasteiger partial charge in [-0.15, -0.1) is 0 Å². The first-order valence-corrected chi connectivity index (χ1v) is 6.95. The van der Waals surface area contributed by atoms with Crippen LogP contribution in [0.3, 0.4) is 0 Å². The highest BCUT2D eigenvalue weighted by Crippen LogP contribution is 2.39. The molecule has 0 radical (unpaired) electrons. The Morgan fingerprint density at radius 1 is 1.28 bits per heavy atom. The van der Waals surface area contributed by atoms with Gasteiger partial charge in [-0.05, 0) is 38.0 Å². The number of likely N-dealkylation sites (N-methyl/N-ethyl adjacent to an activating group) is 1.